The molecular weight excluding hydrogens is 382 g/mol. The number of furan rings is 1. The molecule has 0 aliphatic carbocycles. The maximum Gasteiger partial charge on any atom is 0.419 e. The van der Waals surface area contributed by atoms with Crippen LogP contribution >= 0.6 is 0 Å². The predicted molar refractivity (Wildman–Crippen MR) is 115 cm³/mol. The first-order valence-electron chi connectivity index (χ1n) is 10.4. The molecule has 2 aromatic rings. The van der Waals surface area contributed by atoms with E-state index in [0.717, 1.165) is 69.2 Å². The Bertz CT molecular complexity index is 921. The Kier molecular flexibility index (Phi) is 6.10. The standard InChI is InChI=1S/C22H27N5O3/c1-25-11-13-26(14-12-25)17-5-7-20(27-9-3-2-4-10-27)19(15-17)24-22(28)30-21-8-6-18(16-23)29-21/h5-8,15H,2-4,9-14H2,1H3,(H,24,28). The number of rotatable bonds is 4. The van der Waals surface area contributed by atoms with Gasteiger partial charge in [0.05, 0.1) is 11.4 Å². The highest BCUT2D eigenvalue weighted by Gasteiger charge is 2.20. The Labute approximate surface area is 176 Å². The van der Waals surface area contributed by atoms with Crippen molar-refractivity contribution in [1.29, 1.82) is 5.26 Å². The monoisotopic (exact) mass is 409 g/mol. The SMILES string of the molecule is CN1CCN(c2ccc(N3CCCCC3)c(NC(=O)Oc3ccc(C#N)o3)c2)CC1. The summed E-state index contributed by atoms with van der Waals surface area (Å²) in [6, 6.07) is 11.1. The topological polar surface area (TPSA) is 85.0 Å². The fraction of sp³-hybridized carbons (Fsp3) is 0.455. The van der Waals surface area contributed by atoms with Crippen molar-refractivity contribution < 1.29 is 13.9 Å². The van der Waals surface area contributed by atoms with E-state index < -0.39 is 6.09 Å². The largest absolute Gasteiger partial charge is 0.419 e. The lowest BCUT2D eigenvalue weighted by Gasteiger charge is -2.35. The molecule has 0 atom stereocenters. The molecule has 1 amide bonds. The van der Waals surface area contributed by atoms with Crippen molar-refractivity contribution >= 4 is 23.2 Å². The molecule has 3 heterocycles. The van der Waals surface area contributed by atoms with E-state index in [0.29, 0.717) is 0 Å². The fourth-order valence-corrected chi connectivity index (χ4v) is 3.96. The second kappa shape index (κ2) is 9.09. The van der Waals surface area contributed by atoms with Gasteiger partial charge in [-0.1, -0.05) is 0 Å². The number of ether oxygens (including phenoxy) is 1. The Morgan fingerprint density at radius 3 is 2.50 bits per heavy atom. The molecule has 0 saturated carbocycles. The van der Waals surface area contributed by atoms with Crippen LogP contribution in [0.5, 0.6) is 5.95 Å². The zero-order valence-electron chi connectivity index (χ0n) is 17.3. The van der Waals surface area contributed by atoms with Crippen LogP contribution in [0.2, 0.25) is 0 Å². The van der Waals surface area contributed by atoms with Crippen LogP contribution in [0.25, 0.3) is 0 Å². The molecule has 2 aliphatic rings. The highest BCUT2D eigenvalue weighted by Crippen LogP contribution is 2.33. The molecular formula is C22H27N5O3. The molecule has 0 spiro atoms. The van der Waals surface area contributed by atoms with Gasteiger partial charge in [0.15, 0.2) is 0 Å². The molecule has 4 rings (SSSR count). The molecule has 2 fully saturated rings. The van der Waals surface area contributed by atoms with Crippen LogP contribution in [0.3, 0.4) is 0 Å². The number of likely N-dealkylation sites (N-methyl/N-ethyl adjacent to an activating group) is 1. The molecule has 1 aromatic carbocycles. The summed E-state index contributed by atoms with van der Waals surface area (Å²) < 4.78 is 10.4. The Hall–Kier alpha value is -3.18. The molecule has 0 unspecified atom stereocenters. The minimum atomic E-state index is -0.636. The van der Waals surface area contributed by atoms with Crippen LogP contribution in [0, 0.1) is 11.3 Å². The van der Waals surface area contributed by atoms with Crippen molar-refractivity contribution in [3.05, 3.63) is 36.1 Å². The number of nitrogens with zero attached hydrogens (tertiary/aromatic N) is 4. The van der Waals surface area contributed by atoms with Gasteiger partial charge in [0.2, 0.25) is 5.76 Å². The summed E-state index contributed by atoms with van der Waals surface area (Å²) in [5.74, 6) is 0.0997. The first-order valence-corrected chi connectivity index (χ1v) is 10.4. The van der Waals surface area contributed by atoms with Crippen LogP contribution in [0.1, 0.15) is 25.0 Å². The van der Waals surface area contributed by atoms with Gasteiger partial charge in [-0.15, -0.1) is 0 Å². The third-order valence-electron chi connectivity index (χ3n) is 5.67. The van der Waals surface area contributed by atoms with Crippen LogP contribution in [-0.2, 0) is 0 Å². The van der Waals surface area contributed by atoms with E-state index in [2.05, 4.69) is 39.2 Å². The number of hydrogen-bond acceptors (Lipinski definition) is 7. The molecule has 8 heteroatoms. The van der Waals surface area contributed by atoms with Gasteiger partial charge in [0, 0.05) is 51.0 Å². The lowest BCUT2D eigenvalue weighted by molar-refractivity contribution is 0.202. The molecule has 8 nitrogen and oxygen atoms in total. The van der Waals surface area contributed by atoms with Gasteiger partial charge in [0.25, 0.3) is 5.95 Å². The van der Waals surface area contributed by atoms with Gasteiger partial charge < -0.3 is 23.9 Å². The summed E-state index contributed by atoms with van der Waals surface area (Å²) in [5.41, 5.74) is 2.82. The zero-order chi connectivity index (χ0) is 20.9. The summed E-state index contributed by atoms with van der Waals surface area (Å²) in [7, 11) is 2.13. The van der Waals surface area contributed by atoms with Crippen molar-refractivity contribution in [3.8, 4) is 12.0 Å². The minimum Gasteiger partial charge on any atom is -0.414 e. The number of nitriles is 1. The molecule has 158 valence electrons. The quantitative estimate of drug-likeness (QED) is 0.827. The van der Waals surface area contributed by atoms with E-state index in [9.17, 15) is 4.79 Å². The van der Waals surface area contributed by atoms with E-state index in [1.165, 1.54) is 18.6 Å². The Morgan fingerprint density at radius 2 is 1.80 bits per heavy atom. The molecule has 2 aliphatic heterocycles. The number of carbonyl (C=O) groups is 1. The van der Waals surface area contributed by atoms with Crippen molar-refractivity contribution in [2.45, 2.75) is 19.3 Å². The third-order valence-corrected chi connectivity index (χ3v) is 5.67. The van der Waals surface area contributed by atoms with Crippen LogP contribution in [-0.4, -0.2) is 57.3 Å². The van der Waals surface area contributed by atoms with Crippen molar-refractivity contribution in [2.24, 2.45) is 0 Å². The van der Waals surface area contributed by atoms with E-state index in [1.807, 2.05) is 12.1 Å². The number of piperazine rings is 1. The van der Waals surface area contributed by atoms with Gasteiger partial charge in [-0.2, -0.15) is 5.26 Å². The second-order valence-corrected chi connectivity index (χ2v) is 7.78. The summed E-state index contributed by atoms with van der Waals surface area (Å²) in [4.78, 5) is 19.5. The number of anilines is 3. The van der Waals surface area contributed by atoms with Gasteiger partial charge in [-0.3, -0.25) is 5.32 Å². The number of hydrogen-bond donors (Lipinski definition) is 1. The second-order valence-electron chi connectivity index (χ2n) is 7.78. The molecule has 0 radical (unpaired) electrons. The summed E-state index contributed by atoms with van der Waals surface area (Å²) in [5, 5.41) is 11.7. The number of nitrogens with one attached hydrogen (secondary N) is 1. The first-order chi connectivity index (χ1) is 14.6. The molecule has 0 bridgehead atoms. The average Bonchev–Trinajstić information content (AvgIpc) is 3.22. The van der Waals surface area contributed by atoms with Crippen LogP contribution < -0.4 is 19.9 Å². The average molecular weight is 409 g/mol. The Balaban J connectivity index is 1.54. The van der Waals surface area contributed by atoms with E-state index in [4.69, 9.17) is 14.4 Å². The van der Waals surface area contributed by atoms with Crippen molar-refractivity contribution in [3.63, 3.8) is 0 Å². The lowest BCUT2D eigenvalue weighted by Crippen LogP contribution is -2.44. The maximum atomic E-state index is 12.5. The normalized spacial score (nSPS) is 17.5. The molecule has 1 aromatic heterocycles. The van der Waals surface area contributed by atoms with E-state index in [1.54, 1.807) is 0 Å². The van der Waals surface area contributed by atoms with Gasteiger partial charge in [0.1, 0.15) is 6.07 Å². The third kappa shape index (κ3) is 4.69. The smallest absolute Gasteiger partial charge is 0.414 e. The first kappa shape index (κ1) is 20.1. The zero-order valence-corrected chi connectivity index (χ0v) is 17.3. The lowest BCUT2D eigenvalue weighted by atomic mass is 10.1. The van der Waals surface area contributed by atoms with E-state index in [-0.39, 0.29) is 11.7 Å². The number of piperidine rings is 1. The number of benzene rings is 1. The Morgan fingerprint density at radius 1 is 1.03 bits per heavy atom. The van der Waals surface area contributed by atoms with E-state index >= 15 is 0 Å². The van der Waals surface area contributed by atoms with Crippen LogP contribution in [0.4, 0.5) is 21.9 Å². The highest BCUT2D eigenvalue weighted by atomic mass is 16.6. The fourth-order valence-electron chi connectivity index (χ4n) is 3.96. The number of amides is 1. The summed E-state index contributed by atoms with van der Waals surface area (Å²) in [6.07, 6.45) is 2.89. The molecule has 1 N–H and O–H groups in total. The van der Waals surface area contributed by atoms with Gasteiger partial charge in [-0.25, -0.2) is 4.79 Å². The predicted octanol–water partition coefficient (Wildman–Crippen LogP) is 3.50. The molecule has 2 saturated heterocycles. The highest BCUT2D eigenvalue weighted by molar-refractivity contribution is 5.92. The van der Waals surface area contributed by atoms with Gasteiger partial charge >= 0.3 is 6.09 Å². The number of carbonyl (C=O) groups excluding carboxylic acids is 1. The summed E-state index contributed by atoms with van der Waals surface area (Å²) in [6.45, 7) is 5.87. The minimum absolute atomic E-state index is 0.00112. The van der Waals surface area contributed by atoms with Gasteiger partial charge in [-0.05, 0) is 50.6 Å². The van der Waals surface area contributed by atoms with Crippen molar-refractivity contribution in [2.75, 3.05) is 61.4 Å². The van der Waals surface area contributed by atoms with Crippen LogP contribution in [0.15, 0.2) is 34.7 Å². The summed E-state index contributed by atoms with van der Waals surface area (Å²) >= 11 is 0. The molecule has 30 heavy (non-hydrogen) atoms. The maximum absolute atomic E-state index is 12.5. The van der Waals surface area contributed by atoms with Crippen molar-refractivity contribution in [1.82, 2.24) is 4.90 Å².